The summed E-state index contributed by atoms with van der Waals surface area (Å²) < 4.78 is 11.1. The molecule has 0 spiro atoms. The minimum atomic E-state index is -1.68. The normalized spacial score (nSPS) is 28.2. The SMILES string of the molecule is C=CCN1C(=O)/C(=C/[C@H](O)C(O)[C@@H]2OC(c3ccccc3)OC[C@H]2O)C(=O)NC1=S. The van der Waals surface area contributed by atoms with E-state index in [1.54, 1.807) is 24.3 Å². The Kier molecular flexibility index (Phi) is 7.08. The van der Waals surface area contributed by atoms with Crippen molar-refractivity contribution in [1.29, 1.82) is 0 Å². The number of rotatable bonds is 6. The summed E-state index contributed by atoms with van der Waals surface area (Å²) in [5.41, 5.74) is 0.281. The molecular formula is C20H22N2O7S. The highest BCUT2D eigenvalue weighted by atomic mass is 32.1. The predicted octanol–water partition coefficient (Wildman–Crippen LogP) is -0.461. The van der Waals surface area contributed by atoms with E-state index in [-0.39, 0.29) is 18.3 Å². The molecule has 0 radical (unpaired) electrons. The lowest BCUT2D eigenvalue weighted by atomic mass is 9.99. The number of benzene rings is 1. The highest BCUT2D eigenvalue weighted by molar-refractivity contribution is 7.80. The number of hydrogen-bond donors (Lipinski definition) is 4. The van der Waals surface area contributed by atoms with Crippen molar-refractivity contribution in [2.24, 2.45) is 0 Å². The lowest BCUT2D eigenvalue weighted by Crippen LogP contribution is -2.55. The Balaban J connectivity index is 1.77. The van der Waals surface area contributed by atoms with Gasteiger partial charge >= 0.3 is 0 Å². The van der Waals surface area contributed by atoms with Gasteiger partial charge in [-0.15, -0.1) is 6.58 Å². The van der Waals surface area contributed by atoms with Gasteiger partial charge in [-0.25, -0.2) is 0 Å². The van der Waals surface area contributed by atoms with Crippen molar-refractivity contribution in [3.8, 4) is 0 Å². The Hall–Kier alpha value is -2.47. The molecule has 1 aromatic carbocycles. The number of amides is 2. The molecule has 2 aliphatic rings. The average molecular weight is 434 g/mol. The van der Waals surface area contributed by atoms with E-state index in [9.17, 15) is 24.9 Å². The largest absolute Gasteiger partial charge is 0.388 e. The van der Waals surface area contributed by atoms with E-state index in [1.165, 1.54) is 6.08 Å². The summed E-state index contributed by atoms with van der Waals surface area (Å²) in [5.74, 6) is -1.53. The second-order valence-electron chi connectivity index (χ2n) is 6.77. The van der Waals surface area contributed by atoms with Crippen LogP contribution >= 0.6 is 12.2 Å². The van der Waals surface area contributed by atoms with E-state index in [1.807, 2.05) is 6.07 Å². The van der Waals surface area contributed by atoms with Crippen molar-refractivity contribution in [2.75, 3.05) is 13.2 Å². The van der Waals surface area contributed by atoms with Gasteiger partial charge in [0, 0.05) is 12.1 Å². The van der Waals surface area contributed by atoms with Crippen molar-refractivity contribution < 1.29 is 34.4 Å². The average Bonchev–Trinajstić information content (AvgIpc) is 2.74. The molecule has 30 heavy (non-hydrogen) atoms. The van der Waals surface area contributed by atoms with Crippen LogP contribution < -0.4 is 5.32 Å². The molecule has 2 fully saturated rings. The first-order valence-corrected chi connectivity index (χ1v) is 9.60. The fourth-order valence-electron chi connectivity index (χ4n) is 3.12. The number of aliphatic hydroxyl groups excluding tert-OH is 3. The first-order chi connectivity index (χ1) is 14.3. The van der Waals surface area contributed by atoms with E-state index in [0.717, 1.165) is 11.0 Å². The smallest absolute Gasteiger partial charge is 0.265 e. The van der Waals surface area contributed by atoms with Gasteiger partial charge in [0.15, 0.2) is 11.4 Å². The van der Waals surface area contributed by atoms with Gasteiger partial charge in [-0.1, -0.05) is 36.4 Å². The molecule has 5 atom stereocenters. The first-order valence-electron chi connectivity index (χ1n) is 9.19. The maximum absolute atomic E-state index is 12.5. The standard InChI is InChI=1S/C20H22N2O7S/c1-2-8-22-18(27)12(17(26)21-20(22)30)9-13(23)15(25)16-14(24)10-28-19(29-16)11-6-4-3-5-7-11/h2-7,9,13-16,19,23-25H,1,8,10H2,(H,21,26,30)/b12-9+/t13-,14+,15?,16+,19?/m0/s1. The molecule has 2 saturated heterocycles. The molecular weight excluding hydrogens is 412 g/mol. The van der Waals surface area contributed by atoms with Crippen LogP contribution in [0.4, 0.5) is 0 Å². The second kappa shape index (κ2) is 9.56. The van der Waals surface area contributed by atoms with Crippen LogP contribution in [0.5, 0.6) is 0 Å². The van der Waals surface area contributed by atoms with E-state index >= 15 is 0 Å². The molecule has 3 rings (SSSR count). The van der Waals surface area contributed by atoms with Crippen LogP contribution in [-0.4, -0.2) is 74.7 Å². The molecule has 10 heteroatoms. The van der Waals surface area contributed by atoms with E-state index in [4.69, 9.17) is 21.7 Å². The summed E-state index contributed by atoms with van der Waals surface area (Å²) >= 11 is 4.96. The number of nitrogens with one attached hydrogen (secondary N) is 1. The predicted molar refractivity (Wildman–Crippen MR) is 109 cm³/mol. The van der Waals surface area contributed by atoms with Crippen LogP contribution in [0.25, 0.3) is 0 Å². The quantitative estimate of drug-likeness (QED) is 0.205. The lowest BCUT2D eigenvalue weighted by molar-refractivity contribution is -0.281. The Morgan fingerprint density at radius 2 is 2.00 bits per heavy atom. The number of carbonyl (C=O) groups is 2. The molecule has 0 aromatic heterocycles. The van der Waals surface area contributed by atoms with Crippen molar-refractivity contribution in [1.82, 2.24) is 10.2 Å². The van der Waals surface area contributed by atoms with Crippen molar-refractivity contribution in [2.45, 2.75) is 30.7 Å². The van der Waals surface area contributed by atoms with Crippen LogP contribution in [-0.2, 0) is 19.1 Å². The van der Waals surface area contributed by atoms with Crippen LogP contribution in [0.1, 0.15) is 11.9 Å². The van der Waals surface area contributed by atoms with Gasteiger partial charge in [-0.3, -0.25) is 19.8 Å². The number of aliphatic hydroxyl groups is 3. The number of hydrogen-bond acceptors (Lipinski definition) is 8. The van der Waals surface area contributed by atoms with Crippen molar-refractivity contribution in [3.05, 3.63) is 60.2 Å². The fraction of sp³-hybridized carbons (Fsp3) is 0.350. The first kappa shape index (κ1) is 22.2. The van der Waals surface area contributed by atoms with Gasteiger partial charge in [0.1, 0.15) is 30.0 Å². The third-order valence-corrected chi connectivity index (χ3v) is 4.99. The van der Waals surface area contributed by atoms with Gasteiger partial charge in [0.2, 0.25) is 0 Å². The number of carbonyl (C=O) groups excluding carboxylic acids is 2. The summed E-state index contributed by atoms with van der Waals surface area (Å²) in [5, 5.41) is 33.5. The molecule has 1 aromatic rings. The molecule has 160 valence electrons. The van der Waals surface area contributed by atoms with Crippen LogP contribution in [0, 0.1) is 0 Å². The summed E-state index contributed by atoms with van der Waals surface area (Å²) in [6.07, 6.45) is -4.26. The molecule has 2 aliphatic heterocycles. The summed E-state index contributed by atoms with van der Waals surface area (Å²) in [4.78, 5) is 25.8. The van der Waals surface area contributed by atoms with Gasteiger partial charge in [-0.2, -0.15) is 0 Å². The molecule has 4 N–H and O–H groups in total. The Labute approximate surface area is 178 Å². The van der Waals surface area contributed by atoms with Gasteiger partial charge in [0.05, 0.1) is 6.61 Å². The Morgan fingerprint density at radius 3 is 2.67 bits per heavy atom. The molecule has 9 nitrogen and oxygen atoms in total. The molecule has 2 unspecified atom stereocenters. The Bertz CT molecular complexity index is 860. The van der Waals surface area contributed by atoms with Crippen LogP contribution in [0.15, 0.2) is 54.6 Å². The zero-order valence-electron chi connectivity index (χ0n) is 15.9. The topological polar surface area (TPSA) is 129 Å². The number of ether oxygens (including phenoxy) is 2. The summed E-state index contributed by atoms with van der Waals surface area (Å²) in [7, 11) is 0. The van der Waals surface area contributed by atoms with Gasteiger partial charge in [-0.05, 0) is 18.3 Å². The maximum atomic E-state index is 12.5. The van der Waals surface area contributed by atoms with E-state index < -0.39 is 48.1 Å². The third kappa shape index (κ3) is 4.64. The zero-order valence-corrected chi connectivity index (χ0v) is 16.7. The lowest BCUT2D eigenvalue weighted by Gasteiger charge is -2.37. The molecule has 0 bridgehead atoms. The molecule has 0 saturated carbocycles. The van der Waals surface area contributed by atoms with Gasteiger partial charge < -0.3 is 24.8 Å². The number of thiocarbonyl (C=S) groups is 1. The minimum Gasteiger partial charge on any atom is -0.388 e. The minimum absolute atomic E-state index is 0.0640. The zero-order chi connectivity index (χ0) is 21.8. The number of nitrogens with zero attached hydrogens (tertiary/aromatic N) is 1. The highest BCUT2D eigenvalue weighted by Crippen LogP contribution is 2.29. The maximum Gasteiger partial charge on any atom is 0.265 e. The fourth-order valence-corrected chi connectivity index (χ4v) is 3.37. The Morgan fingerprint density at radius 1 is 1.30 bits per heavy atom. The van der Waals surface area contributed by atoms with Crippen LogP contribution in [0.3, 0.4) is 0 Å². The molecule has 2 heterocycles. The van der Waals surface area contributed by atoms with Crippen molar-refractivity contribution >= 4 is 29.1 Å². The van der Waals surface area contributed by atoms with Crippen molar-refractivity contribution in [3.63, 3.8) is 0 Å². The molecule has 0 aliphatic carbocycles. The summed E-state index contributed by atoms with van der Waals surface area (Å²) in [6, 6.07) is 8.89. The van der Waals surface area contributed by atoms with Crippen LogP contribution in [0.2, 0.25) is 0 Å². The second-order valence-corrected chi connectivity index (χ2v) is 7.16. The van der Waals surface area contributed by atoms with E-state index in [2.05, 4.69) is 11.9 Å². The monoisotopic (exact) mass is 434 g/mol. The molecule has 2 amide bonds. The van der Waals surface area contributed by atoms with Gasteiger partial charge in [0.25, 0.3) is 11.8 Å². The van der Waals surface area contributed by atoms with E-state index in [0.29, 0.717) is 5.56 Å². The highest BCUT2D eigenvalue weighted by Gasteiger charge is 2.40. The summed E-state index contributed by atoms with van der Waals surface area (Å²) in [6.45, 7) is 3.46. The third-order valence-electron chi connectivity index (χ3n) is 4.67.